The monoisotopic (exact) mass is 230 g/mol. The number of nitrogens with one attached hydrogen (secondary N) is 1. The van der Waals surface area contributed by atoms with Crippen LogP contribution in [0.1, 0.15) is 27.5 Å². The van der Waals surface area contributed by atoms with Gasteiger partial charge >= 0.3 is 0 Å². The van der Waals surface area contributed by atoms with Crippen LogP contribution in [0, 0.1) is 20.8 Å². The van der Waals surface area contributed by atoms with Crippen molar-refractivity contribution in [3.05, 3.63) is 47.2 Å². The molecule has 4 nitrogen and oxygen atoms in total. The number of carbonyl (C=O) groups excluding carboxylic acids is 1. The summed E-state index contributed by atoms with van der Waals surface area (Å²) in [7, 11) is 0. The number of hydrogen-bond donors (Lipinski definition) is 1. The van der Waals surface area contributed by atoms with Gasteiger partial charge in [0.25, 0.3) is 5.91 Å². The molecule has 2 aromatic rings. The molecule has 0 atom stereocenters. The minimum atomic E-state index is -0.254. The summed E-state index contributed by atoms with van der Waals surface area (Å²) in [5, 5.41) is 2.82. The van der Waals surface area contributed by atoms with Gasteiger partial charge in [-0.1, -0.05) is 12.1 Å². The highest BCUT2D eigenvalue weighted by Gasteiger charge is 2.12. The lowest BCUT2D eigenvalue weighted by Gasteiger charge is -2.08. The molecule has 1 N–H and O–H groups in total. The maximum absolute atomic E-state index is 11.9. The minimum absolute atomic E-state index is 0.254. The van der Waals surface area contributed by atoms with Crippen LogP contribution in [0.2, 0.25) is 0 Å². The van der Waals surface area contributed by atoms with Crippen LogP contribution >= 0.6 is 0 Å². The maximum atomic E-state index is 11.9. The largest absolute Gasteiger partial charge is 0.448 e. The fraction of sp³-hybridized carbons (Fsp3) is 0.231. The summed E-state index contributed by atoms with van der Waals surface area (Å²) in [6.07, 6.45) is 1.36. The SMILES string of the molecule is Cc1nc(C(=O)Nc2cccc(C)c2C)co1. The summed E-state index contributed by atoms with van der Waals surface area (Å²) >= 11 is 0. The first kappa shape index (κ1) is 11.4. The number of aryl methyl sites for hydroxylation is 2. The summed E-state index contributed by atoms with van der Waals surface area (Å²) in [5.41, 5.74) is 3.29. The van der Waals surface area contributed by atoms with E-state index in [1.54, 1.807) is 6.92 Å². The van der Waals surface area contributed by atoms with E-state index in [2.05, 4.69) is 10.3 Å². The fourth-order valence-corrected chi connectivity index (χ4v) is 1.54. The molecule has 0 bridgehead atoms. The number of carbonyl (C=O) groups is 1. The third-order valence-electron chi connectivity index (χ3n) is 2.70. The molecule has 0 saturated carbocycles. The molecule has 0 unspecified atom stereocenters. The van der Waals surface area contributed by atoms with Crippen LogP contribution in [0.15, 0.2) is 28.9 Å². The molecular weight excluding hydrogens is 216 g/mol. The van der Waals surface area contributed by atoms with Crippen molar-refractivity contribution in [3.63, 3.8) is 0 Å². The van der Waals surface area contributed by atoms with E-state index in [0.717, 1.165) is 16.8 Å². The molecule has 1 aromatic carbocycles. The number of amides is 1. The Balaban J connectivity index is 2.21. The van der Waals surface area contributed by atoms with E-state index in [-0.39, 0.29) is 5.91 Å². The molecule has 17 heavy (non-hydrogen) atoms. The molecule has 1 amide bonds. The second kappa shape index (κ2) is 4.41. The Bertz CT molecular complexity index is 558. The standard InChI is InChI=1S/C13H14N2O2/c1-8-5-4-6-11(9(8)2)15-13(16)12-7-17-10(3)14-12/h4-7H,1-3H3,(H,15,16). The van der Waals surface area contributed by atoms with Crippen LogP contribution in [-0.2, 0) is 0 Å². The molecule has 0 fully saturated rings. The van der Waals surface area contributed by atoms with Gasteiger partial charge in [-0.25, -0.2) is 4.98 Å². The highest BCUT2D eigenvalue weighted by molar-refractivity contribution is 6.03. The average Bonchev–Trinajstić information content (AvgIpc) is 2.72. The Labute approximate surface area is 99.7 Å². The summed E-state index contributed by atoms with van der Waals surface area (Å²) in [4.78, 5) is 15.8. The van der Waals surface area contributed by atoms with Gasteiger partial charge in [0.2, 0.25) is 0 Å². The van der Waals surface area contributed by atoms with Crippen LogP contribution in [0.3, 0.4) is 0 Å². The van der Waals surface area contributed by atoms with Gasteiger partial charge in [-0.15, -0.1) is 0 Å². The summed E-state index contributed by atoms with van der Waals surface area (Å²) in [6, 6.07) is 5.78. The minimum Gasteiger partial charge on any atom is -0.448 e. The molecule has 0 spiro atoms. The van der Waals surface area contributed by atoms with E-state index in [1.807, 2.05) is 32.0 Å². The highest BCUT2D eigenvalue weighted by atomic mass is 16.3. The van der Waals surface area contributed by atoms with Gasteiger partial charge in [0.05, 0.1) is 0 Å². The molecule has 4 heteroatoms. The first-order valence-corrected chi connectivity index (χ1v) is 5.37. The molecule has 0 radical (unpaired) electrons. The van der Waals surface area contributed by atoms with E-state index in [1.165, 1.54) is 6.26 Å². The van der Waals surface area contributed by atoms with Gasteiger partial charge < -0.3 is 9.73 Å². The zero-order valence-corrected chi connectivity index (χ0v) is 10.1. The summed E-state index contributed by atoms with van der Waals surface area (Å²) < 4.78 is 5.01. The lowest BCUT2D eigenvalue weighted by molar-refractivity contribution is 0.102. The topological polar surface area (TPSA) is 55.1 Å². The van der Waals surface area contributed by atoms with Gasteiger partial charge in [0.1, 0.15) is 6.26 Å². The Morgan fingerprint density at radius 2 is 2.06 bits per heavy atom. The Morgan fingerprint density at radius 3 is 2.71 bits per heavy atom. The van der Waals surface area contributed by atoms with Gasteiger partial charge in [-0.3, -0.25) is 4.79 Å². The molecule has 0 aliphatic rings. The summed E-state index contributed by atoms with van der Waals surface area (Å²) in [6.45, 7) is 5.68. The maximum Gasteiger partial charge on any atom is 0.277 e. The van der Waals surface area contributed by atoms with Crippen molar-refractivity contribution < 1.29 is 9.21 Å². The number of rotatable bonds is 2. The van der Waals surface area contributed by atoms with Crippen LogP contribution < -0.4 is 5.32 Å². The first-order chi connectivity index (χ1) is 8.08. The van der Waals surface area contributed by atoms with E-state index in [4.69, 9.17) is 4.42 Å². The van der Waals surface area contributed by atoms with E-state index >= 15 is 0 Å². The van der Waals surface area contributed by atoms with Crippen molar-refractivity contribution in [2.75, 3.05) is 5.32 Å². The normalized spacial score (nSPS) is 10.3. The Morgan fingerprint density at radius 1 is 1.29 bits per heavy atom. The predicted octanol–water partition coefficient (Wildman–Crippen LogP) is 2.85. The zero-order chi connectivity index (χ0) is 12.4. The van der Waals surface area contributed by atoms with Gasteiger partial charge in [-0.05, 0) is 31.0 Å². The van der Waals surface area contributed by atoms with Crippen molar-refractivity contribution in [1.82, 2.24) is 4.98 Å². The second-order valence-corrected chi connectivity index (χ2v) is 3.95. The molecule has 0 aliphatic heterocycles. The number of hydrogen-bond acceptors (Lipinski definition) is 3. The number of nitrogens with zero attached hydrogens (tertiary/aromatic N) is 1. The van der Waals surface area contributed by atoms with E-state index in [9.17, 15) is 4.79 Å². The van der Waals surface area contributed by atoms with Crippen molar-refractivity contribution in [3.8, 4) is 0 Å². The zero-order valence-electron chi connectivity index (χ0n) is 10.1. The lowest BCUT2D eigenvalue weighted by atomic mass is 10.1. The van der Waals surface area contributed by atoms with Crippen molar-refractivity contribution in [2.24, 2.45) is 0 Å². The van der Waals surface area contributed by atoms with Crippen molar-refractivity contribution >= 4 is 11.6 Å². The summed E-state index contributed by atoms with van der Waals surface area (Å²) in [5.74, 6) is 0.228. The van der Waals surface area contributed by atoms with Gasteiger partial charge in [-0.2, -0.15) is 0 Å². The number of oxazole rings is 1. The Kier molecular flexibility index (Phi) is 2.95. The molecule has 2 rings (SSSR count). The fourth-order valence-electron chi connectivity index (χ4n) is 1.54. The third kappa shape index (κ3) is 2.36. The van der Waals surface area contributed by atoms with E-state index < -0.39 is 0 Å². The van der Waals surface area contributed by atoms with Crippen molar-refractivity contribution in [1.29, 1.82) is 0 Å². The van der Waals surface area contributed by atoms with Crippen LogP contribution in [0.4, 0.5) is 5.69 Å². The Hall–Kier alpha value is -2.10. The van der Waals surface area contributed by atoms with Crippen LogP contribution in [0.25, 0.3) is 0 Å². The molecule has 88 valence electrons. The molecule has 1 aromatic heterocycles. The number of benzene rings is 1. The van der Waals surface area contributed by atoms with Gasteiger partial charge in [0.15, 0.2) is 11.6 Å². The molecular formula is C13H14N2O2. The quantitative estimate of drug-likeness (QED) is 0.863. The average molecular weight is 230 g/mol. The number of anilines is 1. The predicted molar refractivity (Wildman–Crippen MR) is 65.1 cm³/mol. The molecule has 0 aliphatic carbocycles. The van der Waals surface area contributed by atoms with E-state index in [0.29, 0.717) is 11.6 Å². The molecule has 1 heterocycles. The van der Waals surface area contributed by atoms with Gasteiger partial charge in [0, 0.05) is 12.6 Å². The highest BCUT2D eigenvalue weighted by Crippen LogP contribution is 2.18. The molecule has 0 saturated heterocycles. The lowest BCUT2D eigenvalue weighted by Crippen LogP contribution is -2.13. The van der Waals surface area contributed by atoms with Crippen molar-refractivity contribution in [2.45, 2.75) is 20.8 Å². The number of aromatic nitrogens is 1. The van der Waals surface area contributed by atoms with Crippen LogP contribution in [-0.4, -0.2) is 10.9 Å². The first-order valence-electron chi connectivity index (χ1n) is 5.37. The smallest absolute Gasteiger partial charge is 0.277 e. The second-order valence-electron chi connectivity index (χ2n) is 3.95. The third-order valence-corrected chi connectivity index (χ3v) is 2.70. The van der Waals surface area contributed by atoms with Crippen LogP contribution in [0.5, 0.6) is 0 Å².